The highest BCUT2D eigenvalue weighted by Crippen LogP contribution is 2.31. The zero-order valence-corrected chi connectivity index (χ0v) is 16.2. The Labute approximate surface area is 171 Å². The van der Waals surface area contributed by atoms with Gasteiger partial charge in [-0.3, -0.25) is 24.2 Å². The van der Waals surface area contributed by atoms with Crippen molar-refractivity contribution < 1.29 is 14.4 Å². The Hall–Kier alpha value is -3.69. The van der Waals surface area contributed by atoms with Gasteiger partial charge in [0.1, 0.15) is 5.82 Å². The zero-order valence-electron chi connectivity index (χ0n) is 16.2. The molecule has 1 saturated heterocycles. The molecule has 30 heavy (non-hydrogen) atoms. The van der Waals surface area contributed by atoms with Gasteiger partial charge < -0.3 is 21.3 Å². The van der Waals surface area contributed by atoms with Crippen LogP contribution in [0.2, 0.25) is 0 Å². The number of H-pyrrole nitrogens is 1. The first-order valence-corrected chi connectivity index (χ1v) is 9.76. The summed E-state index contributed by atoms with van der Waals surface area (Å²) in [5, 5.41) is 5.35. The van der Waals surface area contributed by atoms with Crippen LogP contribution in [0.1, 0.15) is 30.7 Å². The summed E-state index contributed by atoms with van der Waals surface area (Å²) in [6, 6.07) is 8.83. The van der Waals surface area contributed by atoms with Crippen LogP contribution in [0.5, 0.6) is 0 Å². The largest absolute Gasteiger partial charge is 0.369 e. The van der Waals surface area contributed by atoms with Gasteiger partial charge in [-0.1, -0.05) is 18.2 Å². The molecule has 0 bridgehead atoms. The van der Waals surface area contributed by atoms with Crippen molar-refractivity contribution in [3.8, 4) is 0 Å². The minimum atomic E-state index is -0.945. The number of nitrogens with zero attached hydrogens (tertiary/aromatic N) is 2. The van der Waals surface area contributed by atoms with E-state index in [1.165, 1.54) is 0 Å². The Morgan fingerprint density at radius 3 is 2.50 bits per heavy atom. The maximum atomic E-state index is 12.8. The molecule has 156 valence electrons. The zero-order chi connectivity index (χ0) is 21.3. The maximum Gasteiger partial charge on any atom is 0.258 e. The summed E-state index contributed by atoms with van der Waals surface area (Å²) >= 11 is 0. The van der Waals surface area contributed by atoms with Crippen LogP contribution in [0.15, 0.2) is 35.1 Å². The van der Waals surface area contributed by atoms with Crippen LogP contribution in [0.3, 0.4) is 0 Å². The highest BCUT2D eigenvalue weighted by molar-refractivity contribution is 6.04. The summed E-state index contributed by atoms with van der Waals surface area (Å²) in [6.45, 7) is 1.00. The predicted octanol–water partition coefficient (Wildman–Crippen LogP) is 0.536. The molecule has 0 radical (unpaired) electrons. The van der Waals surface area contributed by atoms with Gasteiger partial charge in [0.25, 0.3) is 5.56 Å². The first kappa shape index (κ1) is 19.6. The Balaban J connectivity index is 1.59. The number of carbonyl (C=O) groups is 3. The summed E-state index contributed by atoms with van der Waals surface area (Å²) in [5.41, 5.74) is 5.61. The van der Waals surface area contributed by atoms with Crippen LogP contribution < -0.4 is 26.8 Å². The van der Waals surface area contributed by atoms with Crippen molar-refractivity contribution in [2.45, 2.75) is 25.2 Å². The number of aromatic nitrogens is 2. The van der Waals surface area contributed by atoms with Crippen molar-refractivity contribution in [3.63, 3.8) is 0 Å². The topological polar surface area (TPSA) is 150 Å². The molecule has 2 aliphatic heterocycles. The second-order valence-corrected chi connectivity index (χ2v) is 7.48. The van der Waals surface area contributed by atoms with E-state index in [2.05, 4.69) is 20.6 Å². The SMILES string of the molecule is NC(=O)C1CCN(c2nc3c(c(=O)[nH]2)[C@H](C(=O)Nc2ccccc2)CC(=O)N3)CC1. The van der Waals surface area contributed by atoms with Gasteiger partial charge >= 0.3 is 0 Å². The number of nitrogens with one attached hydrogen (secondary N) is 3. The summed E-state index contributed by atoms with van der Waals surface area (Å²) in [4.78, 5) is 58.2. The summed E-state index contributed by atoms with van der Waals surface area (Å²) in [5.74, 6) is -1.91. The van der Waals surface area contributed by atoms with E-state index in [1.807, 2.05) is 11.0 Å². The second kappa shape index (κ2) is 7.97. The Morgan fingerprint density at radius 2 is 1.83 bits per heavy atom. The lowest BCUT2D eigenvalue weighted by Gasteiger charge is -2.32. The van der Waals surface area contributed by atoms with Crippen LogP contribution in [0.25, 0.3) is 0 Å². The smallest absolute Gasteiger partial charge is 0.258 e. The number of amides is 3. The van der Waals surface area contributed by atoms with E-state index in [-0.39, 0.29) is 35.5 Å². The molecule has 10 heteroatoms. The van der Waals surface area contributed by atoms with Gasteiger partial charge in [0.2, 0.25) is 23.7 Å². The summed E-state index contributed by atoms with van der Waals surface area (Å²) in [6.07, 6.45) is 0.981. The van der Waals surface area contributed by atoms with Crippen LogP contribution in [0, 0.1) is 5.92 Å². The van der Waals surface area contributed by atoms with Crippen LogP contribution in [0.4, 0.5) is 17.5 Å². The first-order valence-electron chi connectivity index (χ1n) is 9.76. The average Bonchev–Trinajstić information content (AvgIpc) is 2.73. The molecule has 0 saturated carbocycles. The molecule has 2 aliphatic rings. The molecule has 0 aliphatic carbocycles. The second-order valence-electron chi connectivity index (χ2n) is 7.48. The van der Waals surface area contributed by atoms with E-state index in [9.17, 15) is 19.2 Å². The van der Waals surface area contributed by atoms with Crippen molar-refractivity contribution in [2.75, 3.05) is 28.6 Å². The van der Waals surface area contributed by atoms with Crippen LogP contribution in [-0.4, -0.2) is 40.8 Å². The van der Waals surface area contributed by atoms with Gasteiger partial charge in [-0.05, 0) is 25.0 Å². The van der Waals surface area contributed by atoms with Gasteiger partial charge in [-0.25, -0.2) is 0 Å². The number of anilines is 3. The third kappa shape index (κ3) is 3.88. The number of hydrogen-bond acceptors (Lipinski definition) is 6. The minimum absolute atomic E-state index is 0.0928. The number of primary amides is 1. The summed E-state index contributed by atoms with van der Waals surface area (Å²) < 4.78 is 0. The fraction of sp³-hybridized carbons (Fsp3) is 0.350. The molecule has 3 heterocycles. The quantitative estimate of drug-likeness (QED) is 0.578. The Kier molecular flexibility index (Phi) is 5.21. The van der Waals surface area contributed by atoms with E-state index in [0.29, 0.717) is 37.6 Å². The Morgan fingerprint density at radius 1 is 1.13 bits per heavy atom. The van der Waals surface area contributed by atoms with Gasteiger partial charge in [0.15, 0.2) is 0 Å². The van der Waals surface area contributed by atoms with Crippen LogP contribution in [-0.2, 0) is 14.4 Å². The molecule has 0 unspecified atom stereocenters. The van der Waals surface area contributed by atoms with Gasteiger partial charge in [0.05, 0.1) is 11.5 Å². The molecule has 2 aromatic rings. The molecule has 4 rings (SSSR count). The highest BCUT2D eigenvalue weighted by atomic mass is 16.2. The average molecular weight is 410 g/mol. The normalized spacial score (nSPS) is 19.0. The lowest BCUT2D eigenvalue weighted by Crippen LogP contribution is -2.41. The highest BCUT2D eigenvalue weighted by Gasteiger charge is 2.35. The monoisotopic (exact) mass is 410 g/mol. The maximum absolute atomic E-state index is 12.8. The number of benzene rings is 1. The number of rotatable bonds is 4. The van der Waals surface area contributed by atoms with Gasteiger partial charge in [-0.2, -0.15) is 4.98 Å². The molecule has 0 spiro atoms. The Bertz CT molecular complexity index is 1040. The van der Waals surface area contributed by atoms with E-state index in [1.54, 1.807) is 24.3 Å². The molecule has 1 fully saturated rings. The number of fused-ring (bicyclic) bond motifs is 1. The standard InChI is InChI=1S/C20H22N6O4/c21-16(28)11-6-8-26(9-7-11)20-24-17-15(19(30)25-20)13(10-14(27)23-17)18(29)22-12-4-2-1-3-5-12/h1-5,11,13H,6-10H2,(H2,21,28)(H,22,29)(H2,23,24,25,27,30)/t13-/m1/s1. The van der Waals surface area contributed by atoms with Crippen molar-refractivity contribution in [2.24, 2.45) is 11.7 Å². The number of piperidine rings is 1. The van der Waals surface area contributed by atoms with E-state index >= 15 is 0 Å². The van der Waals surface area contributed by atoms with Crippen molar-refractivity contribution in [3.05, 3.63) is 46.2 Å². The molecule has 1 atom stereocenters. The third-order valence-electron chi connectivity index (χ3n) is 5.49. The van der Waals surface area contributed by atoms with Gasteiger partial charge in [0, 0.05) is 31.1 Å². The van der Waals surface area contributed by atoms with Crippen molar-refractivity contribution in [1.29, 1.82) is 0 Å². The molecule has 1 aromatic carbocycles. The molecular formula is C20H22N6O4. The lowest BCUT2D eigenvalue weighted by molar-refractivity contribution is -0.123. The van der Waals surface area contributed by atoms with Gasteiger partial charge in [-0.15, -0.1) is 0 Å². The third-order valence-corrected chi connectivity index (χ3v) is 5.49. The van der Waals surface area contributed by atoms with Crippen molar-refractivity contribution in [1.82, 2.24) is 9.97 Å². The number of carbonyl (C=O) groups excluding carboxylic acids is 3. The van der Waals surface area contributed by atoms with E-state index < -0.39 is 17.4 Å². The van der Waals surface area contributed by atoms with E-state index in [4.69, 9.17) is 5.73 Å². The predicted molar refractivity (Wildman–Crippen MR) is 110 cm³/mol. The molecule has 5 N–H and O–H groups in total. The lowest BCUT2D eigenvalue weighted by atomic mass is 9.92. The van der Waals surface area contributed by atoms with Crippen molar-refractivity contribution >= 4 is 35.2 Å². The fourth-order valence-corrected chi connectivity index (χ4v) is 3.86. The van der Waals surface area contributed by atoms with Crippen LogP contribution >= 0.6 is 0 Å². The molecular weight excluding hydrogens is 388 g/mol. The number of nitrogens with two attached hydrogens (primary N) is 1. The fourth-order valence-electron chi connectivity index (χ4n) is 3.86. The number of aromatic amines is 1. The summed E-state index contributed by atoms with van der Waals surface area (Å²) in [7, 11) is 0. The molecule has 3 amide bonds. The number of hydrogen-bond donors (Lipinski definition) is 4. The minimum Gasteiger partial charge on any atom is -0.369 e. The molecule has 1 aromatic heterocycles. The molecule has 10 nitrogen and oxygen atoms in total. The first-order chi connectivity index (χ1) is 14.4. The number of para-hydroxylation sites is 1. The van der Waals surface area contributed by atoms with E-state index in [0.717, 1.165) is 0 Å².